The Kier molecular flexibility index (Phi) is 8.48. The standard InChI is InChI=1S/C26H32N4O5/c1-3-15(2)23(30-24(32)20(27)12-16-8-10-18(31)11-9-16)25(33)29-22(26(34)35)13-17-14-28-21-7-5-4-6-19(17)21/h4-11,14-15,20,22-23,28,31H,3,12-13,27H2,1-2H3,(H,29,33)(H,30,32)(H,34,35). The molecular formula is C26H32N4O5. The van der Waals surface area contributed by atoms with Crippen LogP contribution in [0.15, 0.2) is 54.7 Å². The van der Waals surface area contributed by atoms with Crippen LogP contribution in [-0.2, 0) is 27.2 Å². The normalized spacial score (nSPS) is 14.6. The number of fused-ring (bicyclic) bond motifs is 1. The molecule has 0 aliphatic rings. The molecule has 9 nitrogen and oxygen atoms in total. The summed E-state index contributed by atoms with van der Waals surface area (Å²) in [6.07, 6.45) is 2.64. The number of nitrogens with one attached hydrogen (secondary N) is 3. The smallest absolute Gasteiger partial charge is 0.326 e. The Balaban J connectivity index is 1.69. The lowest BCUT2D eigenvalue weighted by Crippen LogP contribution is -2.57. The fraction of sp³-hybridized carbons (Fsp3) is 0.346. The number of aliphatic carboxylic acids is 1. The van der Waals surface area contributed by atoms with Gasteiger partial charge in [0, 0.05) is 23.5 Å². The summed E-state index contributed by atoms with van der Waals surface area (Å²) >= 11 is 0. The van der Waals surface area contributed by atoms with Crippen LogP contribution in [0.3, 0.4) is 0 Å². The Hall–Kier alpha value is -3.85. The molecule has 2 aromatic carbocycles. The number of nitrogens with two attached hydrogens (primary N) is 1. The van der Waals surface area contributed by atoms with E-state index in [2.05, 4.69) is 15.6 Å². The van der Waals surface area contributed by atoms with E-state index in [0.29, 0.717) is 6.42 Å². The zero-order valence-corrected chi connectivity index (χ0v) is 19.8. The van der Waals surface area contributed by atoms with Gasteiger partial charge < -0.3 is 31.6 Å². The van der Waals surface area contributed by atoms with Crippen LogP contribution in [0.4, 0.5) is 0 Å². The third-order valence-corrected chi connectivity index (χ3v) is 6.24. The number of rotatable bonds is 11. The van der Waals surface area contributed by atoms with E-state index in [0.717, 1.165) is 22.0 Å². The Bertz CT molecular complexity index is 1170. The van der Waals surface area contributed by atoms with Crippen LogP contribution in [-0.4, -0.2) is 51.1 Å². The van der Waals surface area contributed by atoms with Gasteiger partial charge in [0.15, 0.2) is 0 Å². The highest BCUT2D eigenvalue weighted by molar-refractivity contribution is 5.92. The van der Waals surface area contributed by atoms with Crippen LogP contribution in [0.5, 0.6) is 5.75 Å². The second-order valence-corrected chi connectivity index (χ2v) is 8.81. The molecule has 0 aliphatic heterocycles. The van der Waals surface area contributed by atoms with Gasteiger partial charge in [-0.05, 0) is 41.7 Å². The first-order valence-corrected chi connectivity index (χ1v) is 11.6. The fourth-order valence-electron chi connectivity index (χ4n) is 3.92. The molecule has 0 aliphatic carbocycles. The molecule has 4 unspecified atom stereocenters. The molecule has 0 bridgehead atoms. The molecule has 0 fully saturated rings. The molecule has 35 heavy (non-hydrogen) atoms. The van der Waals surface area contributed by atoms with E-state index in [-0.39, 0.29) is 24.5 Å². The van der Waals surface area contributed by atoms with Gasteiger partial charge in [0.05, 0.1) is 6.04 Å². The monoisotopic (exact) mass is 480 g/mol. The minimum Gasteiger partial charge on any atom is -0.508 e. The Morgan fingerprint density at radius 1 is 1.00 bits per heavy atom. The van der Waals surface area contributed by atoms with Crippen molar-refractivity contribution in [2.75, 3.05) is 0 Å². The van der Waals surface area contributed by atoms with Crippen LogP contribution in [0.2, 0.25) is 0 Å². The third-order valence-electron chi connectivity index (χ3n) is 6.24. The average molecular weight is 481 g/mol. The van der Waals surface area contributed by atoms with Gasteiger partial charge in [-0.2, -0.15) is 0 Å². The summed E-state index contributed by atoms with van der Waals surface area (Å²) < 4.78 is 0. The molecule has 1 aromatic heterocycles. The number of H-pyrrole nitrogens is 1. The lowest BCUT2D eigenvalue weighted by Gasteiger charge is -2.26. The third kappa shape index (κ3) is 6.60. The summed E-state index contributed by atoms with van der Waals surface area (Å²) in [5.41, 5.74) is 8.48. The maximum Gasteiger partial charge on any atom is 0.326 e. The number of carbonyl (C=O) groups excluding carboxylic acids is 2. The first-order valence-electron chi connectivity index (χ1n) is 11.6. The first-order chi connectivity index (χ1) is 16.7. The molecule has 4 atom stereocenters. The lowest BCUT2D eigenvalue weighted by atomic mass is 9.96. The minimum atomic E-state index is -1.17. The van der Waals surface area contributed by atoms with E-state index in [9.17, 15) is 24.6 Å². The second kappa shape index (κ2) is 11.5. The molecule has 3 rings (SSSR count). The Labute approximate surface area is 203 Å². The van der Waals surface area contributed by atoms with Crippen molar-refractivity contribution in [3.63, 3.8) is 0 Å². The van der Waals surface area contributed by atoms with Crippen LogP contribution in [0, 0.1) is 5.92 Å². The molecule has 1 heterocycles. The average Bonchev–Trinajstić information content (AvgIpc) is 3.25. The predicted octanol–water partition coefficient (Wildman–Crippen LogP) is 2.09. The number of carbonyl (C=O) groups is 3. The van der Waals surface area contributed by atoms with E-state index >= 15 is 0 Å². The molecular weight excluding hydrogens is 448 g/mol. The number of carboxylic acid groups (broad SMARTS) is 1. The predicted molar refractivity (Wildman–Crippen MR) is 133 cm³/mol. The molecule has 9 heteroatoms. The number of para-hydroxylation sites is 1. The topological polar surface area (TPSA) is 158 Å². The molecule has 2 amide bonds. The largest absolute Gasteiger partial charge is 0.508 e. The van der Waals surface area contributed by atoms with Gasteiger partial charge in [0.2, 0.25) is 11.8 Å². The van der Waals surface area contributed by atoms with Crippen LogP contribution < -0.4 is 16.4 Å². The van der Waals surface area contributed by atoms with Crippen molar-refractivity contribution in [3.05, 3.63) is 65.9 Å². The second-order valence-electron chi connectivity index (χ2n) is 8.81. The number of hydrogen-bond acceptors (Lipinski definition) is 5. The number of aromatic hydroxyl groups is 1. The van der Waals surface area contributed by atoms with Gasteiger partial charge in [-0.3, -0.25) is 9.59 Å². The maximum absolute atomic E-state index is 13.1. The van der Waals surface area contributed by atoms with Crippen molar-refractivity contribution < 1.29 is 24.6 Å². The van der Waals surface area contributed by atoms with E-state index in [4.69, 9.17) is 5.73 Å². The lowest BCUT2D eigenvalue weighted by molar-refractivity contribution is -0.142. The van der Waals surface area contributed by atoms with Crippen molar-refractivity contribution in [1.82, 2.24) is 15.6 Å². The zero-order chi connectivity index (χ0) is 25.5. The first kappa shape index (κ1) is 25.8. The summed E-state index contributed by atoms with van der Waals surface area (Å²) in [6.45, 7) is 3.69. The van der Waals surface area contributed by atoms with E-state index in [1.807, 2.05) is 38.1 Å². The summed E-state index contributed by atoms with van der Waals surface area (Å²) in [5.74, 6) is -2.39. The number of aromatic amines is 1. The van der Waals surface area contributed by atoms with Gasteiger partial charge in [-0.1, -0.05) is 50.6 Å². The number of benzene rings is 2. The molecule has 186 valence electrons. The SMILES string of the molecule is CCC(C)C(NC(=O)C(N)Cc1ccc(O)cc1)C(=O)NC(Cc1c[nH]c2ccccc12)C(=O)O. The van der Waals surface area contributed by atoms with Crippen LogP contribution in [0.25, 0.3) is 10.9 Å². The van der Waals surface area contributed by atoms with Crippen molar-refractivity contribution in [3.8, 4) is 5.75 Å². The molecule has 0 saturated carbocycles. The highest BCUT2D eigenvalue weighted by atomic mass is 16.4. The highest BCUT2D eigenvalue weighted by Gasteiger charge is 2.31. The molecule has 3 aromatic rings. The Morgan fingerprint density at radius 3 is 2.34 bits per heavy atom. The molecule has 7 N–H and O–H groups in total. The highest BCUT2D eigenvalue weighted by Crippen LogP contribution is 2.19. The van der Waals surface area contributed by atoms with Crippen molar-refractivity contribution in [1.29, 1.82) is 0 Å². The van der Waals surface area contributed by atoms with Crippen LogP contribution >= 0.6 is 0 Å². The number of hydrogen-bond donors (Lipinski definition) is 6. The van der Waals surface area contributed by atoms with Crippen molar-refractivity contribution in [2.24, 2.45) is 11.7 Å². The van der Waals surface area contributed by atoms with E-state index in [1.54, 1.807) is 18.3 Å². The van der Waals surface area contributed by atoms with Gasteiger partial charge in [0.1, 0.15) is 17.8 Å². The van der Waals surface area contributed by atoms with Gasteiger partial charge in [0.25, 0.3) is 0 Å². The minimum absolute atomic E-state index is 0.0899. The zero-order valence-electron chi connectivity index (χ0n) is 19.8. The quantitative estimate of drug-likeness (QED) is 0.247. The number of carboxylic acids is 1. The van der Waals surface area contributed by atoms with Crippen molar-refractivity contribution in [2.45, 2.75) is 51.2 Å². The maximum atomic E-state index is 13.1. The summed E-state index contributed by atoms with van der Waals surface area (Å²) in [6, 6.07) is 10.9. The van der Waals surface area contributed by atoms with Gasteiger partial charge in [-0.25, -0.2) is 4.79 Å². The van der Waals surface area contributed by atoms with Gasteiger partial charge in [-0.15, -0.1) is 0 Å². The summed E-state index contributed by atoms with van der Waals surface area (Å²) in [5, 5.41) is 25.4. The Morgan fingerprint density at radius 2 is 1.69 bits per heavy atom. The fourth-order valence-corrected chi connectivity index (χ4v) is 3.92. The molecule has 0 spiro atoms. The van der Waals surface area contributed by atoms with Crippen molar-refractivity contribution >= 4 is 28.7 Å². The molecule has 0 saturated heterocycles. The number of aromatic nitrogens is 1. The van der Waals surface area contributed by atoms with Crippen LogP contribution in [0.1, 0.15) is 31.4 Å². The number of phenolic OH excluding ortho intramolecular Hbond substituents is 1. The summed E-state index contributed by atoms with van der Waals surface area (Å²) in [4.78, 5) is 41.0. The van der Waals surface area contributed by atoms with E-state index < -0.39 is 35.9 Å². The number of phenols is 1. The van der Waals surface area contributed by atoms with E-state index in [1.165, 1.54) is 12.1 Å². The molecule has 0 radical (unpaired) electrons. The van der Waals surface area contributed by atoms with Gasteiger partial charge >= 0.3 is 5.97 Å². The summed E-state index contributed by atoms with van der Waals surface area (Å²) in [7, 11) is 0. The number of amides is 2.